The fourth-order valence-corrected chi connectivity index (χ4v) is 12.2. The standard InChI is InChI=1S/C70H43N5O/c1-6-22-44(23-7-1)55-42-47(64-69-65(54-34-18-21-37-61(54)76-69)72-70(71-64)46-26-10-3-11-27-46)43-56(45-24-8-2-9-25-45)66(55)75-58-36-20-17-33-53(58)63-60(75)41-39-51-50-38-40-59-62(67(50)74(68(51)63)49-30-14-5-15-31-49)52-32-16-19-35-57(52)73(59)48-28-12-4-13-29-48/h1-43H. The van der Waals surface area contributed by atoms with E-state index in [4.69, 9.17) is 14.4 Å². The number of fused-ring (bicyclic) bond motifs is 14. The molecule has 5 heterocycles. The first-order chi connectivity index (χ1) is 37.7. The summed E-state index contributed by atoms with van der Waals surface area (Å²) in [5.74, 6) is 0.642. The molecule has 5 aromatic heterocycles. The van der Waals surface area contributed by atoms with Crippen LogP contribution in [-0.4, -0.2) is 23.7 Å². The molecule has 0 saturated carbocycles. The van der Waals surface area contributed by atoms with Crippen LogP contribution in [0.5, 0.6) is 0 Å². The van der Waals surface area contributed by atoms with E-state index in [1.165, 1.54) is 48.9 Å². The maximum Gasteiger partial charge on any atom is 0.180 e. The van der Waals surface area contributed by atoms with Gasteiger partial charge in [-0.15, -0.1) is 0 Å². The van der Waals surface area contributed by atoms with Gasteiger partial charge in [0.2, 0.25) is 0 Å². The summed E-state index contributed by atoms with van der Waals surface area (Å²) in [6.07, 6.45) is 0. The Balaban J connectivity index is 1.06. The minimum Gasteiger partial charge on any atom is -0.452 e. The number of hydrogen-bond acceptors (Lipinski definition) is 3. The highest BCUT2D eigenvalue weighted by molar-refractivity contribution is 6.32. The third kappa shape index (κ3) is 6.22. The van der Waals surface area contributed by atoms with E-state index in [0.29, 0.717) is 11.4 Å². The Morgan fingerprint density at radius 2 is 0.763 bits per heavy atom. The summed E-state index contributed by atoms with van der Waals surface area (Å²) in [6.45, 7) is 0. The van der Waals surface area contributed by atoms with Crippen molar-refractivity contribution in [3.05, 3.63) is 261 Å². The zero-order chi connectivity index (χ0) is 49.8. The Labute approximate surface area is 436 Å². The average Bonchev–Trinajstić information content (AvgIpc) is 4.37. The second-order valence-corrected chi connectivity index (χ2v) is 19.6. The van der Waals surface area contributed by atoms with Crippen LogP contribution in [0, 0.1) is 0 Å². The molecule has 0 bridgehead atoms. The van der Waals surface area contributed by atoms with Crippen LogP contribution in [0.3, 0.4) is 0 Å². The third-order valence-corrected chi connectivity index (χ3v) is 15.4. The van der Waals surface area contributed by atoms with Gasteiger partial charge in [-0.25, -0.2) is 9.97 Å². The molecule has 0 N–H and O–H groups in total. The average molecular weight is 970 g/mol. The van der Waals surface area contributed by atoms with Gasteiger partial charge in [0, 0.05) is 71.3 Å². The zero-order valence-electron chi connectivity index (χ0n) is 41.0. The molecule has 16 aromatic rings. The summed E-state index contributed by atoms with van der Waals surface area (Å²) in [6, 6.07) is 93.5. The van der Waals surface area contributed by atoms with Crippen molar-refractivity contribution in [3.8, 4) is 62.0 Å². The zero-order valence-corrected chi connectivity index (χ0v) is 41.0. The van der Waals surface area contributed by atoms with E-state index in [2.05, 4.69) is 238 Å². The minimum atomic E-state index is 0.642. The molecule has 16 rings (SSSR count). The summed E-state index contributed by atoms with van der Waals surface area (Å²) < 4.78 is 14.3. The third-order valence-electron chi connectivity index (χ3n) is 15.4. The molecule has 0 spiro atoms. The van der Waals surface area contributed by atoms with Gasteiger partial charge in [0.25, 0.3) is 0 Å². The van der Waals surface area contributed by atoms with E-state index in [1.54, 1.807) is 0 Å². The quantitative estimate of drug-likeness (QED) is 0.160. The lowest BCUT2D eigenvalue weighted by atomic mass is 9.91. The Morgan fingerprint density at radius 3 is 1.33 bits per heavy atom. The molecule has 11 aromatic carbocycles. The van der Waals surface area contributed by atoms with Gasteiger partial charge in [-0.1, -0.05) is 188 Å². The normalized spacial score (nSPS) is 11.9. The van der Waals surface area contributed by atoms with Crippen molar-refractivity contribution in [2.24, 2.45) is 0 Å². The molecule has 0 aliphatic rings. The maximum atomic E-state index is 6.79. The van der Waals surface area contributed by atoms with Gasteiger partial charge in [0.15, 0.2) is 11.4 Å². The van der Waals surface area contributed by atoms with Crippen molar-refractivity contribution in [1.29, 1.82) is 0 Å². The van der Waals surface area contributed by atoms with Crippen LogP contribution >= 0.6 is 0 Å². The van der Waals surface area contributed by atoms with Crippen LogP contribution in [0.25, 0.3) is 149 Å². The van der Waals surface area contributed by atoms with Crippen molar-refractivity contribution in [2.45, 2.75) is 0 Å². The van der Waals surface area contributed by atoms with Gasteiger partial charge in [0.1, 0.15) is 16.8 Å². The van der Waals surface area contributed by atoms with E-state index in [0.717, 1.165) is 89.2 Å². The predicted molar refractivity (Wildman–Crippen MR) is 314 cm³/mol. The van der Waals surface area contributed by atoms with Gasteiger partial charge in [-0.2, -0.15) is 0 Å². The van der Waals surface area contributed by atoms with E-state index < -0.39 is 0 Å². The van der Waals surface area contributed by atoms with Crippen LogP contribution in [-0.2, 0) is 0 Å². The van der Waals surface area contributed by atoms with Gasteiger partial charge < -0.3 is 18.1 Å². The van der Waals surface area contributed by atoms with Crippen molar-refractivity contribution < 1.29 is 4.42 Å². The van der Waals surface area contributed by atoms with E-state index in [1.807, 2.05) is 36.4 Å². The Hall–Kier alpha value is -10.3. The molecular weight excluding hydrogens is 927 g/mol. The van der Waals surface area contributed by atoms with Crippen LogP contribution < -0.4 is 0 Å². The molecule has 0 unspecified atom stereocenters. The molecule has 0 radical (unpaired) electrons. The molecule has 354 valence electrons. The van der Waals surface area contributed by atoms with Crippen molar-refractivity contribution in [2.75, 3.05) is 0 Å². The topological polar surface area (TPSA) is 53.7 Å². The number of para-hydroxylation sites is 5. The first-order valence-electron chi connectivity index (χ1n) is 25.8. The second-order valence-electron chi connectivity index (χ2n) is 19.6. The molecule has 0 amide bonds. The highest BCUT2D eigenvalue weighted by Crippen LogP contribution is 2.49. The molecule has 0 aliphatic heterocycles. The first kappa shape index (κ1) is 42.2. The molecule has 0 fully saturated rings. The fraction of sp³-hybridized carbons (Fsp3) is 0. The van der Waals surface area contributed by atoms with Gasteiger partial charge in [-0.3, -0.25) is 0 Å². The summed E-state index contributed by atoms with van der Waals surface area (Å²) >= 11 is 0. The smallest absolute Gasteiger partial charge is 0.180 e. The van der Waals surface area contributed by atoms with E-state index in [-0.39, 0.29) is 0 Å². The maximum absolute atomic E-state index is 6.79. The lowest BCUT2D eigenvalue weighted by molar-refractivity contribution is 0.667. The minimum absolute atomic E-state index is 0.642. The van der Waals surface area contributed by atoms with E-state index >= 15 is 0 Å². The largest absolute Gasteiger partial charge is 0.452 e. The highest BCUT2D eigenvalue weighted by Gasteiger charge is 2.28. The van der Waals surface area contributed by atoms with Gasteiger partial charge in [0.05, 0.1) is 38.8 Å². The predicted octanol–water partition coefficient (Wildman–Crippen LogP) is 18.3. The number of benzene rings is 11. The van der Waals surface area contributed by atoms with E-state index in [9.17, 15) is 0 Å². The fourth-order valence-electron chi connectivity index (χ4n) is 12.2. The molecular formula is C70H43N5O. The number of aromatic nitrogens is 5. The summed E-state index contributed by atoms with van der Waals surface area (Å²) in [7, 11) is 0. The number of furan rings is 1. The molecule has 0 saturated heterocycles. The highest BCUT2D eigenvalue weighted by atomic mass is 16.3. The van der Waals surface area contributed by atoms with Gasteiger partial charge in [-0.05, 0) is 83.9 Å². The van der Waals surface area contributed by atoms with Crippen LogP contribution in [0.2, 0.25) is 0 Å². The monoisotopic (exact) mass is 969 g/mol. The van der Waals surface area contributed by atoms with Crippen LogP contribution in [0.1, 0.15) is 0 Å². The lowest BCUT2D eigenvalue weighted by Crippen LogP contribution is -2.02. The van der Waals surface area contributed by atoms with Crippen LogP contribution in [0.15, 0.2) is 265 Å². The molecule has 76 heavy (non-hydrogen) atoms. The first-order valence-corrected chi connectivity index (χ1v) is 25.8. The summed E-state index contributed by atoms with van der Waals surface area (Å²) in [5.41, 5.74) is 19.3. The molecule has 6 nitrogen and oxygen atoms in total. The number of nitrogens with zero attached hydrogens (tertiary/aromatic N) is 5. The van der Waals surface area contributed by atoms with Gasteiger partial charge >= 0.3 is 0 Å². The number of hydrogen-bond donors (Lipinski definition) is 0. The Morgan fingerprint density at radius 1 is 0.316 bits per heavy atom. The lowest BCUT2D eigenvalue weighted by Gasteiger charge is -2.21. The second kappa shape index (κ2) is 16.6. The molecule has 0 aliphatic carbocycles. The SMILES string of the molecule is c1ccc(-c2nc(-c3cc(-c4ccccc4)c(-n4c5ccccc5c5c4ccc4c6ccc7c(c8ccccc8n7-c7ccccc7)c6n(-c6ccccc6)c45)c(-c4ccccc4)c3)c3oc4ccccc4c3n2)cc1. The van der Waals surface area contributed by atoms with Crippen molar-refractivity contribution in [1.82, 2.24) is 23.7 Å². The van der Waals surface area contributed by atoms with Crippen molar-refractivity contribution >= 4 is 87.5 Å². The molecule has 0 atom stereocenters. The van der Waals surface area contributed by atoms with Crippen LogP contribution in [0.4, 0.5) is 0 Å². The molecule has 6 heteroatoms. The number of rotatable bonds is 7. The summed E-state index contributed by atoms with van der Waals surface area (Å²) in [4.78, 5) is 10.6. The Bertz CT molecular complexity index is 4900. The summed E-state index contributed by atoms with van der Waals surface area (Å²) in [5, 5.41) is 8.14. The Kier molecular flexibility index (Phi) is 9.23. The van der Waals surface area contributed by atoms with Crippen molar-refractivity contribution in [3.63, 3.8) is 0 Å².